The molecule has 0 unspecified atom stereocenters. The van der Waals surface area contributed by atoms with Crippen molar-refractivity contribution in [1.29, 1.82) is 0 Å². The van der Waals surface area contributed by atoms with Gasteiger partial charge >= 0.3 is 5.97 Å². The van der Waals surface area contributed by atoms with Crippen LogP contribution in [-0.2, 0) is 14.3 Å². The molecule has 1 aromatic heterocycles. The molecule has 1 aromatic rings. The van der Waals surface area contributed by atoms with E-state index in [4.69, 9.17) is 4.74 Å². The smallest absolute Gasteiger partial charge is 0.348 e. The summed E-state index contributed by atoms with van der Waals surface area (Å²) >= 11 is 1.24. The van der Waals surface area contributed by atoms with Crippen LogP contribution in [0.4, 0.5) is 5.00 Å². The van der Waals surface area contributed by atoms with E-state index in [1.165, 1.54) is 11.3 Å². The molecule has 1 fully saturated rings. The summed E-state index contributed by atoms with van der Waals surface area (Å²) in [6.45, 7) is 7.80. The second-order valence-corrected chi connectivity index (χ2v) is 8.14. The number of carbonyl (C=O) groups excluding carboxylic acids is 3. The molecule has 1 saturated heterocycles. The number of aryl methyl sites for hydroxylation is 1. The molecule has 0 atom stereocenters. The van der Waals surface area contributed by atoms with Crippen molar-refractivity contribution in [1.82, 2.24) is 14.7 Å². The van der Waals surface area contributed by atoms with E-state index in [0.29, 0.717) is 29.6 Å². The summed E-state index contributed by atoms with van der Waals surface area (Å²) < 4.78 is 5.03. The van der Waals surface area contributed by atoms with Crippen LogP contribution in [0.1, 0.15) is 28.6 Å². The maximum absolute atomic E-state index is 12.4. The Hall–Kier alpha value is -1.97. The molecule has 2 amide bonds. The highest BCUT2D eigenvalue weighted by Crippen LogP contribution is 2.27. The van der Waals surface area contributed by atoms with Crippen LogP contribution in [0, 0.1) is 6.92 Å². The highest BCUT2D eigenvalue weighted by atomic mass is 32.1. The minimum atomic E-state index is -0.356. The third-order valence-electron chi connectivity index (χ3n) is 4.55. The van der Waals surface area contributed by atoms with E-state index >= 15 is 0 Å². The lowest BCUT2D eigenvalue weighted by molar-refractivity contribution is -0.130. The number of nitrogens with zero attached hydrogens (tertiary/aromatic N) is 3. The maximum atomic E-state index is 12.4. The van der Waals surface area contributed by atoms with E-state index in [9.17, 15) is 14.4 Å². The van der Waals surface area contributed by atoms with Crippen molar-refractivity contribution in [2.75, 3.05) is 65.3 Å². The van der Waals surface area contributed by atoms with E-state index in [2.05, 4.69) is 15.1 Å². The molecule has 2 rings (SSSR count). The van der Waals surface area contributed by atoms with E-state index in [1.807, 2.05) is 6.92 Å². The minimum absolute atomic E-state index is 0.0941. The van der Waals surface area contributed by atoms with Crippen molar-refractivity contribution >= 4 is 34.1 Å². The zero-order chi connectivity index (χ0) is 20.7. The second-order valence-electron chi connectivity index (χ2n) is 7.09. The highest BCUT2D eigenvalue weighted by Gasteiger charge is 2.20. The number of likely N-dealkylation sites (N-methyl/N-ethyl adjacent to an activating group) is 1. The predicted octanol–water partition coefficient (Wildman–Crippen LogP) is 1.27. The van der Waals surface area contributed by atoms with Gasteiger partial charge in [-0.3, -0.25) is 19.4 Å². The van der Waals surface area contributed by atoms with E-state index in [0.717, 1.165) is 38.2 Å². The second kappa shape index (κ2) is 10.5. The Morgan fingerprint density at radius 3 is 2.39 bits per heavy atom. The number of esters is 1. The Balaban J connectivity index is 1.84. The SMILES string of the molecule is CCOC(=O)c1sc(NC(=O)CN2CCCN(CC(=O)N(C)C)CC2)cc1C. The van der Waals surface area contributed by atoms with Gasteiger partial charge in [0.25, 0.3) is 0 Å². The summed E-state index contributed by atoms with van der Waals surface area (Å²) in [4.78, 5) is 42.6. The first kappa shape index (κ1) is 22.3. The fourth-order valence-electron chi connectivity index (χ4n) is 3.00. The molecule has 156 valence electrons. The number of amides is 2. The zero-order valence-corrected chi connectivity index (χ0v) is 17.9. The Morgan fingerprint density at radius 1 is 1.14 bits per heavy atom. The van der Waals surface area contributed by atoms with Crippen molar-refractivity contribution in [2.24, 2.45) is 0 Å². The van der Waals surface area contributed by atoms with Crippen LogP contribution in [0.5, 0.6) is 0 Å². The largest absolute Gasteiger partial charge is 0.462 e. The van der Waals surface area contributed by atoms with Crippen molar-refractivity contribution in [2.45, 2.75) is 20.3 Å². The maximum Gasteiger partial charge on any atom is 0.348 e. The molecule has 0 aliphatic carbocycles. The number of nitrogens with one attached hydrogen (secondary N) is 1. The first-order chi connectivity index (χ1) is 13.3. The molecule has 1 aliphatic rings. The topological polar surface area (TPSA) is 82.2 Å². The number of hydrogen-bond donors (Lipinski definition) is 1. The summed E-state index contributed by atoms with van der Waals surface area (Å²) in [6.07, 6.45) is 0.916. The highest BCUT2D eigenvalue weighted by molar-refractivity contribution is 7.18. The van der Waals surface area contributed by atoms with Gasteiger partial charge in [-0.25, -0.2) is 4.79 Å². The molecule has 0 aromatic carbocycles. The lowest BCUT2D eigenvalue weighted by Gasteiger charge is -2.22. The molecule has 9 heteroatoms. The molecule has 0 spiro atoms. The monoisotopic (exact) mass is 410 g/mol. The van der Waals surface area contributed by atoms with Gasteiger partial charge in [0.2, 0.25) is 11.8 Å². The van der Waals surface area contributed by atoms with Crippen LogP contribution in [0.25, 0.3) is 0 Å². The van der Waals surface area contributed by atoms with Gasteiger partial charge in [-0.1, -0.05) is 0 Å². The van der Waals surface area contributed by atoms with E-state index in [1.54, 1.807) is 32.0 Å². The van der Waals surface area contributed by atoms with Crippen LogP contribution < -0.4 is 5.32 Å². The molecule has 1 aliphatic heterocycles. The van der Waals surface area contributed by atoms with Gasteiger partial charge in [-0.05, 0) is 45.0 Å². The molecular weight excluding hydrogens is 380 g/mol. The van der Waals surface area contributed by atoms with Gasteiger partial charge in [0.05, 0.1) is 24.7 Å². The molecule has 8 nitrogen and oxygen atoms in total. The number of hydrogen-bond acceptors (Lipinski definition) is 7. The van der Waals surface area contributed by atoms with E-state index < -0.39 is 0 Å². The normalized spacial score (nSPS) is 15.7. The van der Waals surface area contributed by atoms with Crippen LogP contribution in [0.2, 0.25) is 0 Å². The van der Waals surface area contributed by atoms with Crippen molar-refractivity contribution in [3.05, 3.63) is 16.5 Å². The van der Waals surface area contributed by atoms with Crippen molar-refractivity contribution in [3.8, 4) is 0 Å². The van der Waals surface area contributed by atoms with Gasteiger partial charge in [-0.15, -0.1) is 11.3 Å². The fraction of sp³-hybridized carbons (Fsp3) is 0.632. The lowest BCUT2D eigenvalue weighted by Crippen LogP contribution is -2.39. The third-order valence-corrected chi connectivity index (χ3v) is 5.68. The summed E-state index contributed by atoms with van der Waals surface area (Å²) in [5.74, 6) is -0.364. The molecule has 1 N–H and O–H groups in total. The number of thiophene rings is 1. The summed E-state index contributed by atoms with van der Waals surface area (Å²) in [6, 6.07) is 1.80. The van der Waals surface area contributed by atoms with Crippen LogP contribution in [-0.4, -0.2) is 92.5 Å². The lowest BCUT2D eigenvalue weighted by atomic mass is 10.3. The molecule has 0 saturated carbocycles. The average molecular weight is 411 g/mol. The van der Waals surface area contributed by atoms with Crippen LogP contribution in [0.15, 0.2) is 6.07 Å². The Labute approximate surface area is 170 Å². The molecule has 0 radical (unpaired) electrons. The Morgan fingerprint density at radius 2 is 1.79 bits per heavy atom. The summed E-state index contributed by atoms with van der Waals surface area (Å²) in [7, 11) is 3.52. The summed E-state index contributed by atoms with van der Waals surface area (Å²) in [5, 5.41) is 3.53. The number of ether oxygens (including phenoxy) is 1. The standard InChI is InChI=1S/C19H30N4O4S/c1-5-27-19(26)18-14(2)11-16(28-18)20-15(24)12-22-7-6-8-23(10-9-22)13-17(25)21(3)4/h11H,5-10,12-13H2,1-4H3,(H,20,24). The predicted molar refractivity (Wildman–Crippen MR) is 110 cm³/mol. The zero-order valence-electron chi connectivity index (χ0n) is 17.1. The molecule has 0 bridgehead atoms. The first-order valence-electron chi connectivity index (χ1n) is 9.52. The molecular formula is C19H30N4O4S. The van der Waals surface area contributed by atoms with Gasteiger partial charge in [0, 0.05) is 27.2 Å². The average Bonchev–Trinajstić information content (AvgIpc) is 2.84. The van der Waals surface area contributed by atoms with E-state index in [-0.39, 0.29) is 17.8 Å². The number of carbonyl (C=O) groups is 3. The Kier molecular flexibility index (Phi) is 8.40. The molecule has 2 heterocycles. The van der Waals surface area contributed by atoms with Gasteiger partial charge < -0.3 is 15.0 Å². The van der Waals surface area contributed by atoms with Crippen LogP contribution in [0.3, 0.4) is 0 Å². The van der Waals surface area contributed by atoms with Gasteiger partial charge in [0.15, 0.2) is 0 Å². The van der Waals surface area contributed by atoms with Gasteiger partial charge in [-0.2, -0.15) is 0 Å². The third kappa shape index (κ3) is 6.57. The number of rotatable bonds is 7. The minimum Gasteiger partial charge on any atom is -0.462 e. The fourth-order valence-corrected chi connectivity index (χ4v) is 3.98. The number of anilines is 1. The first-order valence-corrected chi connectivity index (χ1v) is 10.3. The summed E-state index contributed by atoms with van der Waals surface area (Å²) in [5.41, 5.74) is 0.801. The van der Waals surface area contributed by atoms with Crippen molar-refractivity contribution < 1.29 is 19.1 Å². The quantitative estimate of drug-likeness (QED) is 0.682. The Bertz CT molecular complexity index is 704. The molecule has 28 heavy (non-hydrogen) atoms. The van der Waals surface area contributed by atoms with Crippen molar-refractivity contribution in [3.63, 3.8) is 0 Å². The van der Waals surface area contributed by atoms with Gasteiger partial charge in [0.1, 0.15) is 4.88 Å². The van der Waals surface area contributed by atoms with Crippen LogP contribution >= 0.6 is 11.3 Å².